The van der Waals surface area contributed by atoms with Crippen LogP contribution in [0.15, 0.2) is 12.3 Å². The Bertz CT molecular complexity index is 307. The first-order valence-corrected chi connectivity index (χ1v) is 6.02. The van der Waals surface area contributed by atoms with E-state index < -0.39 is 0 Å². The van der Waals surface area contributed by atoms with Gasteiger partial charge in [0, 0.05) is 43.8 Å². The van der Waals surface area contributed by atoms with Crippen molar-refractivity contribution < 1.29 is 0 Å². The number of nitrogens with zero attached hydrogens (tertiary/aromatic N) is 2. The van der Waals surface area contributed by atoms with Crippen molar-refractivity contribution in [2.24, 2.45) is 13.0 Å². The van der Waals surface area contributed by atoms with Crippen LogP contribution in [0.25, 0.3) is 0 Å². The number of alkyl halides is 1. The molecule has 1 fully saturated rings. The topological polar surface area (TPSA) is 29.9 Å². The fourth-order valence-corrected chi connectivity index (χ4v) is 2.09. The minimum Gasteiger partial charge on any atom is -0.315 e. The molecule has 0 amide bonds. The van der Waals surface area contributed by atoms with Crippen LogP contribution in [-0.4, -0.2) is 28.2 Å². The van der Waals surface area contributed by atoms with Crippen LogP contribution >= 0.6 is 11.6 Å². The highest BCUT2D eigenvalue weighted by molar-refractivity contribution is 6.21. The van der Waals surface area contributed by atoms with Gasteiger partial charge in [-0.2, -0.15) is 5.10 Å². The lowest BCUT2D eigenvalue weighted by Crippen LogP contribution is -2.26. The smallest absolute Gasteiger partial charge is 0.0492 e. The van der Waals surface area contributed by atoms with Gasteiger partial charge in [-0.1, -0.05) is 0 Å². The fourth-order valence-electron chi connectivity index (χ4n) is 1.73. The van der Waals surface area contributed by atoms with E-state index in [-0.39, 0.29) is 0 Å². The summed E-state index contributed by atoms with van der Waals surface area (Å²) in [5.41, 5.74) is 1.26. The molecule has 0 aliphatic heterocycles. The van der Waals surface area contributed by atoms with Crippen LogP contribution in [0.1, 0.15) is 18.5 Å². The van der Waals surface area contributed by atoms with E-state index in [1.54, 1.807) is 0 Å². The zero-order chi connectivity index (χ0) is 10.7. The Morgan fingerprint density at radius 1 is 1.67 bits per heavy atom. The average Bonchev–Trinajstić information content (AvgIpc) is 2.99. The number of aromatic nitrogens is 2. The second kappa shape index (κ2) is 4.99. The van der Waals surface area contributed by atoms with E-state index >= 15 is 0 Å². The highest BCUT2D eigenvalue weighted by Crippen LogP contribution is 2.35. The second-order valence-corrected chi connectivity index (χ2v) is 4.81. The molecule has 1 aromatic rings. The van der Waals surface area contributed by atoms with Gasteiger partial charge < -0.3 is 5.32 Å². The van der Waals surface area contributed by atoms with Gasteiger partial charge in [-0.25, -0.2) is 0 Å². The van der Waals surface area contributed by atoms with Gasteiger partial charge in [0.1, 0.15) is 0 Å². The molecule has 0 spiro atoms. The monoisotopic (exact) mass is 227 g/mol. The SMILES string of the molecule is Cn1nccc1CCNCC(Cl)C1CC1. The maximum absolute atomic E-state index is 6.19. The van der Waals surface area contributed by atoms with Crippen molar-refractivity contribution in [3.05, 3.63) is 18.0 Å². The molecule has 1 saturated carbocycles. The fraction of sp³-hybridized carbons (Fsp3) is 0.727. The summed E-state index contributed by atoms with van der Waals surface area (Å²) in [6.45, 7) is 1.92. The van der Waals surface area contributed by atoms with E-state index in [0.29, 0.717) is 5.38 Å². The molecule has 0 radical (unpaired) electrons. The maximum Gasteiger partial charge on any atom is 0.0492 e. The lowest BCUT2D eigenvalue weighted by molar-refractivity contribution is 0.604. The summed E-state index contributed by atoms with van der Waals surface area (Å²) >= 11 is 6.19. The summed E-state index contributed by atoms with van der Waals surface area (Å²) < 4.78 is 1.92. The number of hydrogen-bond donors (Lipinski definition) is 1. The van der Waals surface area contributed by atoms with Crippen LogP contribution in [0, 0.1) is 5.92 Å². The van der Waals surface area contributed by atoms with Gasteiger partial charge in [-0.05, 0) is 24.8 Å². The van der Waals surface area contributed by atoms with Crippen LogP contribution in [0.5, 0.6) is 0 Å². The second-order valence-electron chi connectivity index (χ2n) is 4.25. The Balaban J connectivity index is 1.60. The predicted octanol–water partition coefficient (Wildman–Crippen LogP) is 1.57. The normalized spacial score (nSPS) is 18.0. The Labute approximate surface area is 95.8 Å². The molecular weight excluding hydrogens is 210 g/mol. The molecule has 1 aromatic heterocycles. The predicted molar refractivity (Wildman–Crippen MR) is 62.1 cm³/mol. The van der Waals surface area contributed by atoms with Gasteiger partial charge in [-0.3, -0.25) is 4.68 Å². The summed E-state index contributed by atoms with van der Waals surface area (Å²) in [5, 5.41) is 7.86. The number of rotatable bonds is 6. The molecule has 15 heavy (non-hydrogen) atoms. The van der Waals surface area contributed by atoms with Crippen LogP contribution in [-0.2, 0) is 13.5 Å². The highest BCUT2D eigenvalue weighted by Gasteiger charge is 2.28. The largest absolute Gasteiger partial charge is 0.315 e. The number of halogens is 1. The van der Waals surface area contributed by atoms with Crippen LogP contribution < -0.4 is 5.32 Å². The molecule has 0 aromatic carbocycles. The van der Waals surface area contributed by atoms with Gasteiger partial charge in [0.25, 0.3) is 0 Å². The van der Waals surface area contributed by atoms with Crippen LogP contribution in [0.4, 0.5) is 0 Å². The molecule has 84 valence electrons. The summed E-state index contributed by atoms with van der Waals surface area (Å²) in [7, 11) is 1.98. The third kappa shape index (κ3) is 3.21. The molecule has 1 atom stereocenters. The Morgan fingerprint density at radius 3 is 3.07 bits per heavy atom. The van der Waals surface area contributed by atoms with Crippen molar-refractivity contribution in [1.29, 1.82) is 0 Å². The zero-order valence-corrected chi connectivity index (χ0v) is 9.87. The summed E-state index contributed by atoms with van der Waals surface area (Å²) in [5.74, 6) is 0.774. The van der Waals surface area contributed by atoms with Crippen molar-refractivity contribution in [3.8, 4) is 0 Å². The molecule has 1 heterocycles. The lowest BCUT2D eigenvalue weighted by atomic mass is 10.2. The number of nitrogens with one attached hydrogen (secondary N) is 1. The first-order valence-electron chi connectivity index (χ1n) is 5.59. The Hall–Kier alpha value is -0.540. The summed E-state index contributed by atoms with van der Waals surface area (Å²) in [4.78, 5) is 0. The molecule has 1 unspecified atom stereocenters. The molecular formula is C11H18ClN3. The third-order valence-electron chi connectivity index (χ3n) is 2.95. The molecule has 4 heteroatoms. The molecule has 1 aliphatic carbocycles. The van der Waals surface area contributed by atoms with E-state index in [1.807, 2.05) is 17.9 Å². The molecule has 1 N–H and O–H groups in total. The van der Waals surface area contributed by atoms with Gasteiger partial charge in [0.2, 0.25) is 0 Å². The molecule has 1 aliphatic rings. The third-order valence-corrected chi connectivity index (χ3v) is 3.46. The molecule has 3 nitrogen and oxygen atoms in total. The lowest BCUT2D eigenvalue weighted by Gasteiger charge is -2.09. The van der Waals surface area contributed by atoms with Crippen LogP contribution in [0.2, 0.25) is 0 Å². The quantitative estimate of drug-likeness (QED) is 0.591. The molecule has 2 rings (SSSR count). The first kappa shape index (κ1) is 11.0. The van der Waals surface area contributed by atoms with E-state index in [4.69, 9.17) is 11.6 Å². The number of aryl methyl sites for hydroxylation is 1. The van der Waals surface area contributed by atoms with E-state index in [9.17, 15) is 0 Å². The summed E-state index contributed by atoms with van der Waals surface area (Å²) in [6.07, 6.45) is 5.49. The minimum absolute atomic E-state index is 0.330. The van der Waals surface area contributed by atoms with Crippen molar-refractivity contribution >= 4 is 11.6 Å². The first-order chi connectivity index (χ1) is 7.27. The minimum atomic E-state index is 0.330. The van der Waals surface area contributed by atoms with Gasteiger partial charge in [-0.15, -0.1) is 11.6 Å². The van der Waals surface area contributed by atoms with Gasteiger partial charge in [0.15, 0.2) is 0 Å². The van der Waals surface area contributed by atoms with Crippen molar-refractivity contribution in [1.82, 2.24) is 15.1 Å². The van der Waals surface area contributed by atoms with Gasteiger partial charge >= 0.3 is 0 Å². The zero-order valence-electron chi connectivity index (χ0n) is 9.12. The Kier molecular flexibility index (Phi) is 3.65. The van der Waals surface area contributed by atoms with Gasteiger partial charge in [0.05, 0.1) is 0 Å². The standard InChI is InChI=1S/C11H18ClN3/c1-15-10(5-7-14-15)4-6-13-8-11(12)9-2-3-9/h5,7,9,11,13H,2-4,6,8H2,1H3. The van der Waals surface area contributed by atoms with E-state index in [1.165, 1.54) is 18.5 Å². The van der Waals surface area contributed by atoms with Crippen molar-refractivity contribution in [2.75, 3.05) is 13.1 Å². The molecule has 0 saturated heterocycles. The highest BCUT2D eigenvalue weighted by atomic mass is 35.5. The Morgan fingerprint density at radius 2 is 2.47 bits per heavy atom. The van der Waals surface area contributed by atoms with E-state index in [0.717, 1.165) is 25.4 Å². The van der Waals surface area contributed by atoms with Crippen LogP contribution in [0.3, 0.4) is 0 Å². The van der Waals surface area contributed by atoms with Crippen molar-refractivity contribution in [3.63, 3.8) is 0 Å². The average molecular weight is 228 g/mol. The maximum atomic E-state index is 6.19. The molecule has 0 bridgehead atoms. The number of hydrogen-bond acceptors (Lipinski definition) is 2. The van der Waals surface area contributed by atoms with E-state index in [2.05, 4.69) is 16.5 Å². The summed E-state index contributed by atoms with van der Waals surface area (Å²) in [6, 6.07) is 2.06. The van der Waals surface area contributed by atoms with Crippen molar-refractivity contribution in [2.45, 2.75) is 24.6 Å².